The molecule has 4 bridgehead atoms. The zero-order valence-corrected chi connectivity index (χ0v) is 29.4. The van der Waals surface area contributed by atoms with E-state index in [1.54, 1.807) is 31.5 Å². The van der Waals surface area contributed by atoms with E-state index < -0.39 is 0 Å². The van der Waals surface area contributed by atoms with Gasteiger partial charge in [-0.25, -0.2) is 0 Å². The Bertz CT molecular complexity index is 2010. The lowest BCUT2D eigenvalue weighted by Crippen LogP contribution is -2.57. The number of pyridine rings is 2. The number of aromatic nitrogens is 2. The molecule has 0 saturated carbocycles. The van der Waals surface area contributed by atoms with Crippen molar-refractivity contribution < 1.29 is 28.5 Å². The Morgan fingerprint density at radius 3 is 1.67 bits per heavy atom. The van der Waals surface area contributed by atoms with Crippen molar-refractivity contribution in [1.82, 2.24) is 19.2 Å². The molecule has 4 aromatic rings. The van der Waals surface area contributed by atoms with Gasteiger partial charge in [-0.15, -0.1) is 0 Å². The Kier molecular flexibility index (Phi) is 10.4. The van der Waals surface area contributed by atoms with E-state index in [1.807, 2.05) is 70.7 Å². The monoisotopic (exact) mass is 760 g/mol. The number of halogens is 1. The molecule has 8 rings (SSSR count). The molecule has 0 N–H and O–H groups in total. The number of carbonyl (C=O) groups excluding carboxylic acids is 2. The molecular weight excluding hydrogens is 724 g/mol. The van der Waals surface area contributed by atoms with Crippen LogP contribution in [-0.4, -0.2) is 96.9 Å². The zero-order valence-electron chi connectivity index (χ0n) is 27.8. The van der Waals surface area contributed by atoms with Crippen LogP contribution in [0.2, 0.25) is 0 Å². The molecule has 2 aromatic heterocycles. The van der Waals surface area contributed by atoms with Gasteiger partial charge < -0.3 is 28.7 Å². The molecule has 14 nitrogen and oxygen atoms in total. The third-order valence-electron chi connectivity index (χ3n) is 8.85. The fourth-order valence-electron chi connectivity index (χ4n) is 6.19. The lowest BCUT2D eigenvalue weighted by Gasteiger charge is -2.41. The fourth-order valence-corrected chi connectivity index (χ4v) is 6.57. The summed E-state index contributed by atoms with van der Waals surface area (Å²) < 4.78 is 26.4. The second kappa shape index (κ2) is 15.4. The molecule has 2 amide bonds. The molecule has 2 fully saturated rings. The average Bonchev–Trinajstić information content (AvgIpc) is 3.12. The minimum Gasteiger partial charge on any atom is -0.482 e. The van der Waals surface area contributed by atoms with Gasteiger partial charge >= 0.3 is 0 Å². The Balaban J connectivity index is 0.000000159. The summed E-state index contributed by atoms with van der Waals surface area (Å²) in [7, 11) is 0. The SMILES string of the molecule is O=C1c2c(OCc3ccccc3)c(=O)c(Br)cn2N2CCOCCN1C2.O=C1c2c(OCc3ccccc3)c(=O)ccn2N2CCOCCN1C2. The highest BCUT2D eigenvalue weighted by molar-refractivity contribution is 9.10. The first-order chi connectivity index (χ1) is 24.9. The highest BCUT2D eigenvalue weighted by Crippen LogP contribution is 2.26. The van der Waals surface area contributed by atoms with Crippen LogP contribution in [-0.2, 0) is 22.7 Å². The van der Waals surface area contributed by atoms with E-state index in [-0.39, 0.29) is 58.8 Å². The van der Waals surface area contributed by atoms with E-state index in [9.17, 15) is 19.2 Å². The fraction of sp³-hybridized carbons (Fsp3) is 0.333. The van der Waals surface area contributed by atoms with Gasteiger partial charge in [0.25, 0.3) is 11.8 Å². The van der Waals surface area contributed by atoms with Crippen LogP contribution in [0.3, 0.4) is 0 Å². The molecule has 0 aliphatic carbocycles. The second-order valence-corrected chi connectivity index (χ2v) is 13.0. The van der Waals surface area contributed by atoms with Crippen molar-refractivity contribution in [3.05, 3.63) is 127 Å². The zero-order chi connectivity index (χ0) is 35.3. The molecule has 4 aliphatic heterocycles. The summed E-state index contributed by atoms with van der Waals surface area (Å²) in [5.74, 6) is -0.251. The topological polar surface area (TPSA) is 128 Å². The second-order valence-electron chi connectivity index (χ2n) is 12.2. The number of benzene rings is 2. The Labute approximate surface area is 302 Å². The molecule has 15 heteroatoms. The minimum absolute atomic E-state index is 0.0735. The lowest BCUT2D eigenvalue weighted by atomic mass is 10.2. The summed E-state index contributed by atoms with van der Waals surface area (Å²) in [6.07, 6.45) is 3.26. The predicted octanol–water partition coefficient (Wildman–Crippen LogP) is 2.38. The molecule has 0 atom stereocenters. The third kappa shape index (κ3) is 7.36. The van der Waals surface area contributed by atoms with Crippen LogP contribution in [0.5, 0.6) is 11.5 Å². The van der Waals surface area contributed by atoms with E-state index >= 15 is 0 Å². The molecule has 0 unspecified atom stereocenters. The first kappa shape index (κ1) is 34.3. The van der Waals surface area contributed by atoms with E-state index in [2.05, 4.69) is 15.9 Å². The van der Waals surface area contributed by atoms with Crippen LogP contribution in [0, 0.1) is 0 Å². The summed E-state index contributed by atoms with van der Waals surface area (Å²) in [6, 6.07) is 20.6. The van der Waals surface area contributed by atoms with E-state index in [1.165, 1.54) is 6.07 Å². The number of carbonyl (C=O) groups is 2. The molecule has 2 aromatic carbocycles. The van der Waals surface area contributed by atoms with Gasteiger partial charge in [0, 0.05) is 31.5 Å². The molecule has 0 spiro atoms. The van der Waals surface area contributed by atoms with Crippen molar-refractivity contribution in [1.29, 1.82) is 0 Å². The maximum Gasteiger partial charge on any atom is 0.277 e. The van der Waals surface area contributed by atoms with E-state index in [0.29, 0.717) is 70.4 Å². The maximum absolute atomic E-state index is 13.0. The highest BCUT2D eigenvalue weighted by Gasteiger charge is 2.35. The number of nitrogens with zero attached hydrogens (tertiary/aromatic N) is 6. The molecule has 51 heavy (non-hydrogen) atoms. The molecule has 2 saturated heterocycles. The molecule has 0 radical (unpaired) electrons. The van der Waals surface area contributed by atoms with Crippen LogP contribution in [0.1, 0.15) is 32.1 Å². The van der Waals surface area contributed by atoms with Crippen molar-refractivity contribution in [2.45, 2.75) is 13.2 Å². The molecular formula is C36H37BrN6O8. The van der Waals surface area contributed by atoms with Gasteiger partial charge in [-0.2, -0.15) is 0 Å². The van der Waals surface area contributed by atoms with Crippen LogP contribution >= 0.6 is 15.9 Å². The Morgan fingerprint density at radius 1 is 0.608 bits per heavy atom. The Morgan fingerprint density at radius 2 is 1.10 bits per heavy atom. The number of ether oxygens (including phenoxy) is 4. The summed E-state index contributed by atoms with van der Waals surface area (Å²) in [6.45, 7) is 5.76. The van der Waals surface area contributed by atoms with Gasteiger partial charge in [0.15, 0.2) is 22.9 Å². The van der Waals surface area contributed by atoms with Gasteiger partial charge in [0.1, 0.15) is 26.6 Å². The quantitative estimate of drug-likeness (QED) is 0.289. The van der Waals surface area contributed by atoms with Crippen molar-refractivity contribution in [2.24, 2.45) is 0 Å². The molecule has 266 valence electrons. The first-order valence-corrected chi connectivity index (χ1v) is 17.5. The van der Waals surface area contributed by atoms with Crippen molar-refractivity contribution in [3.8, 4) is 11.5 Å². The standard InChI is InChI=1S/C18H18BrN3O4.C18H19N3O4/c19-14-10-22-15(18(24)20-6-8-25-9-7-21(22)12-20)17(16(14)23)26-11-13-4-2-1-3-5-13;22-15-6-7-21-16(17(15)25-12-14-4-2-1-3-5-14)18(23)19-8-10-24-11-9-20(21)13-19/h1-5,10H,6-9,11-12H2;1-7H,8-13H2. The minimum atomic E-state index is -0.323. The van der Waals surface area contributed by atoms with Gasteiger partial charge in [0.05, 0.1) is 44.0 Å². The average molecular weight is 762 g/mol. The van der Waals surface area contributed by atoms with E-state index in [4.69, 9.17) is 18.9 Å². The lowest BCUT2D eigenvalue weighted by molar-refractivity contribution is 0.0468. The van der Waals surface area contributed by atoms with Crippen molar-refractivity contribution >= 4 is 27.7 Å². The summed E-state index contributed by atoms with van der Waals surface area (Å²) >= 11 is 3.30. The summed E-state index contributed by atoms with van der Waals surface area (Å²) in [4.78, 5) is 54.3. The number of hydrogen-bond donors (Lipinski definition) is 0. The van der Waals surface area contributed by atoms with E-state index in [0.717, 1.165) is 11.1 Å². The largest absolute Gasteiger partial charge is 0.482 e. The molecule has 4 aliphatic rings. The van der Waals surface area contributed by atoms with Gasteiger partial charge in [-0.05, 0) is 27.1 Å². The number of fused-ring (bicyclic) bond motifs is 8. The maximum atomic E-state index is 13.0. The van der Waals surface area contributed by atoms with Crippen molar-refractivity contribution in [2.75, 3.05) is 76.0 Å². The van der Waals surface area contributed by atoms with Crippen LogP contribution in [0.25, 0.3) is 0 Å². The summed E-state index contributed by atoms with van der Waals surface area (Å²) in [5, 5.41) is 3.94. The van der Waals surface area contributed by atoms with Crippen LogP contribution in [0.4, 0.5) is 0 Å². The number of hydrogen-bond acceptors (Lipinski definition) is 10. The van der Waals surface area contributed by atoms with Gasteiger partial charge in [-0.3, -0.25) is 38.5 Å². The smallest absolute Gasteiger partial charge is 0.277 e. The molecule has 6 heterocycles. The predicted molar refractivity (Wildman–Crippen MR) is 190 cm³/mol. The number of amides is 2. The van der Waals surface area contributed by atoms with Crippen LogP contribution in [0.15, 0.2) is 93.2 Å². The summed E-state index contributed by atoms with van der Waals surface area (Å²) in [5.41, 5.74) is 1.81. The number of rotatable bonds is 6. The van der Waals surface area contributed by atoms with Crippen LogP contribution < -0.4 is 30.3 Å². The Hall–Kier alpha value is -5.12. The first-order valence-electron chi connectivity index (χ1n) is 16.7. The van der Waals surface area contributed by atoms with Gasteiger partial charge in [-0.1, -0.05) is 60.7 Å². The normalized spacial score (nSPS) is 16.8. The highest BCUT2D eigenvalue weighted by atomic mass is 79.9. The van der Waals surface area contributed by atoms with Gasteiger partial charge in [0.2, 0.25) is 10.9 Å². The van der Waals surface area contributed by atoms with Crippen molar-refractivity contribution in [3.63, 3.8) is 0 Å². The third-order valence-corrected chi connectivity index (χ3v) is 9.41.